The van der Waals surface area contributed by atoms with Gasteiger partial charge in [-0.3, -0.25) is 25.2 Å². The fourth-order valence-electron chi connectivity index (χ4n) is 2.60. The van der Waals surface area contributed by atoms with Crippen molar-refractivity contribution in [3.63, 3.8) is 0 Å². The summed E-state index contributed by atoms with van der Waals surface area (Å²) >= 11 is 0. The van der Waals surface area contributed by atoms with E-state index in [1.54, 1.807) is 25.3 Å². The summed E-state index contributed by atoms with van der Waals surface area (Å²) in [6.07, 6.45) is 2.82. The molecule has 0 radical (unpaired) electrons. The lowest BCUT2D eigenvalue weighted by molar-refractivity contribution is -0.128. The predicted octanol–water partition coefficient (Wildman–Crippen LogP) is 2.89. The number of carbonyl (C=O) groups excluding carboxylic acids is 3. The molecule has 0 unspecified atom stereocenters. The molecule has 0 aliphatic heterocycles. The number of ether oxygens (including phenoxy) is 1. The van der Waals surface area contributed by atoms with Crippen LogP contribution in [0.1, 0.15) is 29.5 Å². The first kappa shape index (κ1) is 21.7. The summed E-state index contributed by atoms with van der Waals surface area (Å²) in [5.41, 5.74) is 8.08. The zero-order chi connectivity index (χ0) is 21.2. The van der Waals surface area contributed by atoms with E-state index in [2.05, 4.69) is 16.2 Å². The van der Waals surface area contributed by atoms with Gasteiger partial charge >= 0.3 is 0 Å². The molecule has 0 aliphatic rings. The van der Waals surface area contributed by atoms with Gasteiger partial charge in [-0.25, -0.2) is 0 Å². The first-order valence-corrected chi connectivity index (χ1v) is 9.16. The quantitative estimate of drug-likeness (QED) is 0.496. The molecule has 0 aliphatic carbocycles. The summed E-state index contributed by atoms with van der Waals surface area (Å²) in [7, 11) is 1.54. The van der Waals surface area contributed by atoms with Crippen molar-refractivity contribution in [2.75, 3.05) is 12.4 Å². The van der Waals surface area contributed by atoms with Gasteiger partial charge in [-0.15, -0.1) is 0 Å². The second-order valence-electron chi connectivity index (χ2n) is 6.48. The van der Waals surface area contributed by atoms with Gasteiger partial charge in [-0.2, -0.15) is 0 Å². The van der Waals surface area contributed by atoms with E-state index in [9.17, 15) is 14.4 Å². The Labute approximate surface area is 170 Å². The lowest BCUT2D eigenvalue weighted by atomic mass is 10.1. The van der Waals surface area contributed by atoms with Gasteiger partial charge in [-0.1, -0.05) is 35.9 Å². The van der Waals surface area contributed by atoms with Gasteiger partial charge in [0.1, 0.15) is 5.75 Å². The second kappa shape index (κ2) is 10.7. The summed E-state index contributed by atoms with van der Waals surface area (Å²) in [5.74, 6) is -0.589. The molecule has 0 aromatic heterocycles. The molecular weight excluding hydrogens is 370 g/mol. The van der Waals surface area contributed by atoms with Crippen molar-refractivity contribution in [2.24, 2.45) is 0 Å². The lowest BCUT2D eigenvalue weighted by Gasteiger charge is -2.09. The molecule has 29 heavy (non-hydrogen) atoms. The number of hydrogen-bond acceptors (Lipinski definition) is 4. The minimum Gasteiger partial charge on any atom is -0.496 e. The van der Waals surface area contributed by atoms with Gasteiger partial charge in [0.2, 0.25) is 11.8 Å². The minimum atomic E-state index is -0.496. The molecule has 152 valence electrons. The average molecular weight is 395 g/mol. The molecule has 0 atom stereocenters. The molecule has 2 rings (SSSR count). The molecule has 0 spiro atoms. The van der Waals surface area contributed by atoms with E-state index in [1.807, 2.05) is 44.2 Å². The second-order valence-corrected chi connectivity index (χ2v) is 6.48. The van der Waals surface area contributed by atoms with E-state index >= 15 is 0 Å². The number of benzene rings is 2. The molecule has 0 saturated heterocycles. The van der Waals surface area contributed by atoms with Crippen LogP contribution in [0.25, 0.3) is 6.08 Å². The zero-order valence-corrected chi connectivity index (χ0v) is 16.7. The highest BCUT2D eigenvalue weighted by molar-refractivity contribution is 5.95. The van der Waals surface area contributed by atoms with Crippen molar-refractivity contribution in [1.29, 1.82) is 0 Å². The first-order chi connectivity index (χ1) is 13.9. The number of hydrazine groups is 1. The van der Waals surface area contributed by atoms with Crippen molar-refractivity contribution < 1.29 is 19.1 Å². The fourth-order valence-corrected chi connectivity index (χ4v) is 2.60. The van der Waals surface area contributed by atoms with E-state index in [0.717, 1.165) is 22.4 Å². The Balaban J connectivity index is 1.74. The minimum absolute atomic E-state index is 0.00603. The van der Waals surface area contributed by atoms with Crippen molar-refractivity contribution >= 4 is 29.5 Å². The number of para-hydroxylation sites is 1. The number of rotatable bonds is 7. The maximum Gasteiger partial charge on any atom is 0.262 e. The van der Waals surface area contributed by atoms with Crippen LogP contribution in [0, 0.1) is 13.8 Å². The summed E-state index contributed by atoms with van der Waals surface area (Å²) in [6.45, 7) is 3.88. The largest absolute Gasteiger partial charge is 0.496 e. The highest BCUT2D eigenvalue weighted by Crippen LogP contribution is 2.18. The third kappa shape index (κ3) is 7.14. The van der Waals surface area contributed by atoms with Crippen molar-refractivity contribution in [1.82, 2.24) is 10.9 Å². The highest BCUT2D eigenvalue weighted by atomic mass is 16.5. The molecule has 0 heterocycles. The van der Waals surface area contributed by atoms with Gasteiger partial charge in [0.25, 0.3) is 5.91 Å². The summed E-state index contributed by atoms with van der Waals surface area (Å²) in [4.78, 5) is 35.7. The number of anilines is 1. The molecule has 3 amide bonds. The molecule has 2 aromatic rings. The van der Waals surface area contributed by atoms with E-state index in [1.165, 1.54) is 6.08 Å². The standard InChI is InChI=1S/C22H25N3O4/c1-15-8-10-18(16(2)14-15)23-20(26)12-13-22(28)25-24-21(27)11-9-17-6-4-5-7-19(17)29-3/h4-11,14H,12-13H2,1-3H3,(H,23,26)(H,24,27)(H,25,28). The molecule has 0 bridgehead atoms. The van der Waals surface area contributed by atoms with E-state index < -0.39 is 11.8 Å². The van der Waals surface area contributed by atoms with Crippen molar-refractivity contribution in [2.45, 2.75) is 26.7 Å². The molecule has 7 heteroatoms. The van der Waals surface area contributed by atoms with Crippen LogP contribution in [0.15, 0.2) is 48.5 Å². The third-order valence-electron chi connectivity index (χ3n) is 4.11. The monoisotopic (exact) mass is 395 g/mol. The molecule has 0 saturated carbocycles. The number of amides is 3. The predicted molar refractivity (Wildman–Crippen MR) is 112 cm³/mol. The maximum atomic E-state index is 12.0. The van der Waals surface area contributed by atoms with Gasteiger partial charge in [0, 0.05) is 30.2 Å². The molecule has 2 aromatic carbocycles. The number of methoxy groups -OCH3 is 1. The van der Waals surface area contributed by atoms with Crippen molar-refractivity contribution in [3.05, 3.63) is 65.2 Å². The van der Waals surface area contributed by atoms with Gasteiger partial charge in [0.15, 0.2) is 0 Å². The van der Waals surface area contributed by atoms with Crippen molar-refractivity contribution in [3.8, 4) is 5.75 Å². The van der Waals surface area contributed by atoms with Crippen LogP contribution in [-0.4, -0.2) is 24.8 Å². The van der Waals surface area contributed by atoms with E-state index in [-0.39, 0.29) is 18.7 Å². The molecule has 0 fully saturated rings. The first-order valence-electron chi connectivity index (χ1n) is 9.16. The maximum absolute atomic E-state index is 12.0. The normalized spacial score (nSPS) is 10.4. The van der Waals surface area contributed by atoms with Gasteiger partial charge < -0.3 is 10.1 Å². The number of hydrogen-bond donors (Lipinski definition) is 3. The van der Waals surface area contributed by atoms with E-state index in [4.69, 9.17) is 4.74 Å². The van der Waals surface area contributed by atoms with Gasteiger partial charge in [-0.05, 0) is 37.6 Å². The summed E-state index contributed by atoms with van der Waals surface area (Å²) in [5, 5.41) is 2.78. The Morgan fingerprint density at radius 3 is 2.41 bits per heavy atom. The van der Waals surface area contributed by atoms with Gasteiger partial charge in [0.05, 0.1) is 7.11 Å². The Kier molecular flexibility index (Phi) is 7.97. The van der Waals surface area contributed by atoms with Crippen LogP contribution in [0.3, 0.4) is 0 Å². The lowest BCUT2D eigenvalue weighted by Crippen LogP contribution is -2.41. The smallest absolute Gasteiger partial charge is 0.262 e. The molecular formula is C22H25N3O4. The van der Waals surface area contributed by atoms with Crippen LogP contribution in [-0.2, 0) is 14.4 Å². The topological polar surface area (TPSA) is 96.5 Å². The van der Waals surface area contributed by atoms with E-state index in [0.29, 0.717) is 5.75 Å². The van der Waals surface area contributed by atoms with Crippen LogP contribution in [0.2, 0.25) is 0 Å². The summed E-state index contributed by atoms with van der Waals surface area (Å²) < 4.78 is 5.20. The Bertz CT molecular complexity index is 922. The van der Waals surface area contributed by atoms with Crippen LogP contribution in [0.4, 0.5) is 5.69 Å². The molecule has 3 N–H and O–H groups in total. The number of nitrogens with one attached hydrogen (secondary N) is 3. The number of carbonyl (C=O) groups is 3. The summed E-state index contributed by atoms with van der Waals surface area (Å²) in [6, 6.07) is 12.9. The van der Waals surface area contributed by atoms with Crippen LogP contribution >= 0.6 is 0 Å². The third-order valence-corrected chi connectivity index (χ3v) is 4.11. The SMILES string of the molecule is COc1ccccc1C=CC(=O)NNC(=O)CCC(=O)Nc1ccc(C)cc1C. The fraction of sp³-hybridized carbons (Fsp3) is 0.227. The number of aryl methyl sites for hydroxylation is 2. The molecule has 7 nitrogen and oxygen atoms in total. The Morgan fingerprint density at radius 2 is 1.69 bits per heavy atom. The van der Waals surface area contributed by atoms with Crippen LogP contribution < -0.4 is 20.9 Å². The Morgan fingerprint density at radius 1 is 0.966 bits per heavy atom. The zero-order valence-electron chi connectivity index (χ0n) is 16.7. The average Bonchev–Trinajstić information content (AvgIpc) is 2.71. The van der Waals surface area contributed by atoms with Crippen LogP contribution in [0.5, 0.6) is 5.75 Å². The highest BCUT2D eigenvalue weighted by Gasteiger charge is 2.09. The Hall–Kier alpha value is -3.61.